The first-order valence-electron chi connectivity index (χ1n) is 9.78. The van der Waals surface area contributed by atoms with Crippen molar-refractivity contribution in [2.45, 2.75) is 24.9 Å². The van der Waals surface area contributed by atoms with Crippen molar-refractivity contribution in [1.82, 2.24) is 9.47 Å². The Morgan fingerprint density at radius 3 is 2.41 bits per heavy atom. The molecule has 1 fully saturated rings. The molecule has 32 heavy (non-hydrogen) atoms. The van der Waals surface area contributed by atoms with Crippen molar-refractivity contribution in [3.05, 3.63) is 64.5 Å². The second kappa shape index (κ2) is 11.3. The minimum atomic E-state index is -4.41. The van der Waals surface area contributed by atoms with Crippen LogP contribution >= 0.6 is 0 Å². The molecule has 0 aliphatic carbocycles. The number of nitriles is 1. The molecular formula is C22H23F4N5O. The van der Waals surface area contributed by atoms with E-state index in [1.807, 2.05) is 13.1 Å². The van der Waals surface area contributed by atoms with E-state index in [1.165, 1.54) is 0 Å². The summed E-state index contributed by atoms with van der Waals surface area (Å²) in [6.07, 6.45) is 0.110. The third kappa shape index (κ3) is 7.13. The smallest absolute Gasteiger partial charge is 0.333 e. The van der Waals surface area contributed by atoms with E-state index in [4.69, 9.17) is 5.26 Å². The Bertz CT molecular complexity index is 1060. The lowest BCUT2D eigenvalue weighted by Crippen LogP contribution is -2.30. The summed E-state index contributed by atoms with van der Waals surface area (Å²) in [5, 5.41) is 15.9. The fourth-order valence-electron chi connectivity index (χ4n) is 3.34. The highest BCUT2D eigenvalue weighted by Crippen LogP contribution is 2.38. The maximum Gasteiger partial charge on any atom is 0.416 e. The molecule has 3 rings (SSSR count). The minimum absolute atomic E-state index is 0.107. The molecule has 1 aromatic carbocycles. The van der Waals surface area contributed by atoms with Crippen molar-refractivity contribution in [2.75, 3.05) is 20.1 Å². The fourth-order valence-corrected chi connectivity index (χ4v) is 3.34. The maximum absolute atomic E-state index is 13.2. The zero-order valence-electron chi connectivity index (χ0n) is 17.7. The van der Waals surface area contributed by atoms with Gasteiger partial charge in [-0.3, -0.25) is 4.79 Å². The number of piperidine rings is 1. The van der Waals surface area contributed by atoms with E-state index in [2.05, 4.69) is 15.1 Å². The number of likely N-dealkylation sites (tertiary alicyclic amines) is 1. The number of nitrogens with zero attached hydrogens (tertiary/aromatic N) is 5. The molecule has 1 aliphatic rings. The van der Waals surface area contributed by atoms with Crippen LogP contribution in [0.5, 0.6) is 0 Å². The van der Waals surface area contributed by atoms with Crippen LogP contribution in [0.25, 0.3) is 0 Å². The number of carbonyl (C=O) groups excluding carboxylic acids is 1. The Hall–Kier alpha value is -3.32. The topological polar surface area (TPSA) is 73.8 Å². The third-order valence-electron chi connectivity index (χ3n) is 5.00. The van der Waals surface area contributed by atoms with Crippen molar-refractivity contribution >= 4 is 12.5 Å². The van der Waals surface area contributed by atoms with E-state index < -0.39 is 17.6 Å². The average molecular weight is 449 g/mol. The van der Waals surface area contributed by atoms with Gasteiger partial charge in [0, 0.05) is 13.2 Å². The predicted molar refractivity (Wildman–Crippen MR) is 111 cm³/mol. The van der Waals surface area contributed by atoms with Crippen LogP contribution in [0.1, 0.15) is 35.4 Å². The number of halogens is 4. The number of rotatable bonds is 3. The van der Waals surface area contributed by atoms with Gasteiger partial charge in [-0.1, -0.05) is 0 Å². The Labute approximate surface area is 183 Å². The summed E-state index contributed by atoms with van der Waals surface area (Å²) >= 11 is 0. The van der Waals surface area contributed by atoms with Gasteiger partial charge in [0.1, 0.15) is 11.9 Å². The lowest BCUT2D eigenvalue weighted by molar-refractivity contribution is -0.138. The van der Waals surface area contributed by atoms with E-state index in [-0.39, 0.29) is 11.5 Å². The van der Waals surface area contributed by atoms with Crippen LogP contribution in [0.3, 0.4) is 0 Å². The Balaban J connectivity index is 0.000000235. The molecule has 10 heteroatoms. The molecule has 0 bridgehead atoms. The highest BCUT2D eigenvalue weighted by atomic mass is 19.4. The van der Waals surface area contributed by atoms with Gasteiger partial charge in [0.05, 0.1) is 17.3 Å². The highest BCUT2D eigenvalue weighted by Gasteiger charge is 2.36. The number of benzene rings is 1. The van der Waals surface area contributed by atoms with Gasteiger partial charge in [0.2, 0.25) is 0 Å². The van der Waals surface area contributed by atoms with Crippen molar-refractivity contribution in [1.29, 1.82) is 5.26 Å². The Kier molecular flexibility index (Phi) is 8.84. The van der Waals surface area contributed by atoms with E-state index in [0.29, 0.717) is 30.2 Å². The summed E-state index contributed by atoms with van der Waals surface area (Å²) in [6, 6.07) is 8.06. The molecule has 0 unspecified atom stereocenters. The number of pyridine rings is 1. The zero-order chi connectivity index (χ0) is 23.7. The zero-order valence-corrected chi connectivity index (χ0v) is 17.7. The standard InChI is InChI=1S/C13H15F4N.C9H8N4O/c1-18-6-4-9(5-7-18)11-8-10(14)2-3-12(11)13(15,16)17;1-13-7-8(6-10)2-3-9(13)12-11-4-5-14/h2-3,8-9H,4-7H2,1H3;2-5,7H,1H3/b;11-4+,12-9-. The molecule has 6 nitrogen and oxygen atoms in total. The second-order valence-electron chi connectivity index (χ2n) is 7.31. The van der Waals surface area contributed by atoms with E-state index >= 15 is 0 Å². The van der Waals surface area contributed by atoms with Gasteiger partial charge in [-0.15, -0.1) is 5.10 Å². The number of carbonyl (C=O) groups is 1. The first kappa shape index (κ1) is 24.9. The van der Waals surface area contributed by atoms with Crippen LogP contribution in [0.2, 0.25) is 0 Å². The normalized spacial score (nSPS) is 15.8. The SMILES string of the molecule is CN1CCC(c2cc(F)ccc2C(F)(F)F)CC1.Cn1cc(C#N)cc/c1=N/N=C/C=O. The summed E-state index contributed by atoms with van der Waals surface area (Å²) < 4.78 is 53.5. The van der Waals surface area contributed by atoms with Crippen LogP contribution in [-0.2, 0) is 18.0 Å². The second-order valence-corrected chi connectivity index (χ2v) is 7.31. The predicted octanol–water partition coefficient (Wildman–Crippen LogP) is 3.64. The van der Waals surface area contributed by atoms with Crippen LogP contribution in [-0.4, -0.2) is 42.1 Å². The van der Waals surface area contributed by atoms with Crippen LogP contribution in [0.15, 0.2) is 46.7 Å². The first-order valence-corrected chi connectivity index (χ1v) is 9.78. The summed E-state index contributed by atoms with van der Waals surface area (Å²) in [5.74, 6) is -0.801. The number of aldehydes is 1. The van der Waals surface area contributed by atoms with E-state index in [9.17, 15) is 22.4 Å². The molecule has 170 valence electrons. The van der Waals surface area contributed by atoms with Gasteiger partial charge in [-0.05, 0) is 74.8 Å². The molecule has 1 saturated heterocycles. The molecule has 1 aliphatic heterocycles. The lowest BCUT2D eigenvalue weighted by atomic mass is 9.86. The Morgan fingerprint density at radius 2 is 1.84 bits per heavy atom. The van der Waals surface area contributed by atoms with Crippen LogP contribution < -0.4 is 5.49 Å². The van der Waals surface area contributed by atoms with Gasteiger partial charge < -0.3 is 9.47 Å². The van der Waals surface area contributed by atoms with Crippen LogP contribution in [0.4, 0.5) is 17.6 Å². The lowest BCUT2D eigenvalue weighted by Gasteiger charge is -2.30. The molecule has 2 heterocycles. The molecule has 0 amide bonds. The summed E-state index contributed by atoms with van der Waals surface area (Å²) in [4.78, 5) is 12.0. The molecule has 0 spiro atoms. The van der Waals surface area contributed by atoms with Gasteiger partial charge in [-0.25, -0.2) is 4.39 Å². The third-order valence-corrected chi connectivity index (χ3v) is 5.00. The van der Waals surface area contributed by atoms with Crippen molar-refractivity contribution in [3.63, 3.8) is 0 Å². The Morgan fingerprint density at radius 1 is 1.16 bits per heavy atom. The van der Waals surface area contributed by atoms with Crippen molar-refractivity contribution < 1.29 is 22.4 Å². The van der Waals surface area contributed by atoms with Crippen molar-refractivity contribution in [3.8, 4) is 6.07 Å². The van der Waals surface area contributed by atoms with Gasteiger partial charge in [0.25, 0.3) is 0 Å². The molecule has 0 saturated carbocycles. The average Bonchev–Trinajstić information content (AvgIpc) is 2.75. The van der Waals surface area contributed by atoms with Crippen molar-refractivity contribution in [2.24, 2.45) is 17.3 Å². The number of hydrogen-bond acceptors (Lipinski definition) is 5. The maximum atomic E-state index is 13.2. The van der Waals surface area contributed by atoms with E-state index in [1.54, 1.807) is 29.9 Å². The summed E-state index contributed by atoms with van der Waals surface area (Å²) in [6.45, 7) is 1.50. The monoisotopic (exact) mass is 449 g/mol. The fraction of sp³-hybridized carbons (Fsp3) is 0.364. The number of alkyl halides is 3. The van der Waals surface area contributed by atoms with Gasteiger partial charge in [0.15, 0.2) is 11.8 Å². The molecule has 0 N–H and O–H groups in total. The minimum Gasteiger partial charge on any atom is -0.333 e. The number of aryl methyl sites for hydroxylation is 1. The molecular weight excluding hydrogens is 426 g/mol. The van der Waals surface area contributed by atoms with Gasteiger partial charge in [-0.2, -0.15) is 23.5 Å². The molecule has 0 atom stereocenters. The van der Waals surface area contributed by atoms with E-state index in [0.717, 1.165) is 37.5 Å². The summed E-state index contributed by atoms with van der Waals surface area (Å²) in [7, 11) is 3.68. The summed E-state index contributed by atoms with van der Waals surface area (Å²) in [5.41, 5.74) is 0.530. The highest BCUT2D eigenvalue weighted by molar-refractivity contribution is 6.12. The number of aromatic nitrogens is 1. The largest absolute Gasteiger partial charge is 0.416 e. The number of hydrogen-bond donors (Lipinski definition) is 0. The first-order chi connectivity index (χ1) is 15.2. The molecule has 0 radical (unpaired) electrons. The van der Waals surface area contributed by atoms with Gasteiger partial charge >= 0.3 is 6.18 Å². The van der Waals surface area contributed by atoms with Crippen LogP contribution in [0, 0.1) is 17.1 Å². The quantitative estimate of drug-likeness (QED) is 0.311. The molecule has 2 aromatic rings. The molecule has 1 aromatic heterocycles.